The molecule has 2 atom stereocenters. The van der Waals surface area contributed by atoms with Gasteiger partial charge in [-0.05, 0) is 35.4 Å². The number of aliphatic imine (C=N–C) groups is 1. The lowest BCUT2D eigenvalue weighted by Crippen LogP contribution is -2.53. The summed E-state index contributed by atoms with van der Waals surface area (Å²) in [4.78, 5) is 32.6. The van der Waals surface area contributed by atoms with Crippen molar-refractivity contribution in [1.29, 1.82) is 0 Å². The van der Waals surface area contributed by atoms with Crippen LogP contribution >= 0.6 is 23.2 Å². The first-order chi connectivity index (χ1) is 13.5. The van der Waals surface area contributed by atoms with Crippen molar-refractivity contribution in [2.75, 3.05) is 19.6 Å². The minimum Gasteiger partial charge on any atom is -0.353 e. The normalized spacial score (nSPS) is 21.7. The van der Waals surface area contributed by atoms with E-state index in [1.54, 1.807) is 23.4 Å². The Labute approximate surface area is 172 Å². The van der Waals surface area contributed by atoms with Crippen LogP contribution in [0.3, 0.4) is 0 Å². The molecule has 1 fully saturated rings. The molecule has 2 aliphatic rings. The molecule has 0 aliphatic carbocycles. The Hall–Kier alpha value is -2.57. The molecule has 2 heterocycles. The highest BCUT2D eigenvalue weighted by atomic mass is 35.5. The Balaban J connectivity index is 1.68. The number of hydrogen-bond acceptors (Lipinski definition) is 3. The van der Waals surface area contributed by atoms with E-state index in [1.165, 1.54) is 4.90 Å². The fourth-order valence-electron chi connectivity index (χ4n) is 3.51. The largest absolute Gasteiger partial charge is 0.353 e. The Morgan fingerprint density at radius 2 is 1.61 bits per heavy atom. The van der Waals surface area contributed by atoms with Crippen molar-refractivity contribution in [2.45, 2.75) is 12.1 Å². The topological polar surface area (TPSA) is 65.0 Å². The molecule has 0 spiro atoms. The van der Waals surface area contributed by atoms with Crippen molar-refractivity contribution < 1.29 is 9.59 Å². The third-order valence-electron chi connectivity index (χ3n) is 4.90. The zero-order chi connectivity index (χ0) is 19.7. The maximum absolute atomic E-state index is 13.2. The lowest BCUT2D eigenvalue weighted by Gasteiger charge is -2.34. The molecule has 0 radical (unpaired) electrons. The van der Waals surface area contributed by atoms with Crippen LogP contribution in [0.15, 0.2) is 53.5 Å². The Morgan fingerprint density at radius 3 is 2.21 bits per heavy atom. The number of urea groups is 1. The van der Waals surface area contributed by atoms with Gasteiger partial charge in [0.2, 0.25) is 5.91 Å². The van der Waals surface area contributed by atoms with Gasteiger partial charge in [0.1, 0.15) is 12.6 Å². The molecule has 3 amide bonds. The van der Waals surface area contributed by atoms with Gasteiger partial charge in [0.15, 0.2) is 0 Å². The molecule has 1 N–H and O–H groups in total. The summed E-state index contributed by atoms with van der Waals surface area (Å²) in [6, 6.07) is 14.0. The van der Waals surface area contributed by atoms with Crippen LogP contribution in [0, 0.1) is 0 Å². The molecule has 4 rings (SSSR count). The maximum Gasteiger partial charge on any atom is 0.326 e. The van der Waals surface area contributed by atoms with E-state index in [4.69, 9.17) is 23.2 Å². The van der Waals surface area contributed by atoms with Crippen LogP contribution in [0.2, 0.25) is 10.0 Å². The van der Waals surface area contributed by atoms with Gasteiger partial charge in [0, 0.05) is 23.1 Å². The van der Waals surface area contributed by atoms with Crippen molar-refractivity contribution in [3.63, 3.8) is 0 Å². The molecule has 28 heavy (non-hydrogen) atoms. The number of piperazine rings is 1. The van der Waals surface area contributed by atoms with E-state index in [0.717, 1.165) is 11.1 Å². The van der Waals surface area contributed by atoms with E-state index in [9.17, 15) is 9.59 Å². The molecule has 2 aromatic rings. The number of carbonyl (C=O) groups excluding carboxylic acids is 2. The van der Waals surface area contributed by atoms with Crippen molar-refractivity contribution >= 4 is 41.5 Å². The number of amides is 3. The van der Waals surface area contributed by atoms with E-state index in [2.05, 4.69) is 10.3 Å². The third kappa shape index (κ3) is 3.70. The van der Waals surface area contributed by atoms with Crippen LogP contribution in [-0.2, 0) is 4.79 Å². The van der Waals surface area contributed by atoms with E-state index < -0.39 is 0 Å². The molecule has 2 aromatic carbocycles. The van der Waals surface area contributed by atoms with Gasteiger partial charge < -0.3 is 10.2 Å². The third-order valence-corrected chi connectivity index (χ3v) is 5.41. The molecule has 144 valence electrons. The summed E-state index contributed by atoms with van der Waals surface area (Å²) in [5.41, 5.74) is 1.86. The molecular weight excluding hydrogens is 399 g/mol. The highest BCUT2D eigenvalue weighted by Crippen LogP contribution is 2.41. The molecule has 0 aromatic heterocycles. The second kappa shape index (κ2) is 7.81. The summed E-state index contributed by atoms with van der Waals surface area (Å²) in [7, 11) is 0. The standard InChI is InChI=1S/C20H18Cl2N4O2/c21-15-5-1-13(2-6-15)18-19(14-3-7-16(22)8-4-14)26(12-24-18)20(28)25-10-9-23-17(27)11-25/h1-8,12,18-19H,9-11H2,(H,23,27). The van der Waals surface area contributed by atoms with E-state index in [1.807, 2.05) is 36.4 Å². The SMILES string of the molecule is O=C1CN(C(=O)N2C=NC(c3ccc(Cl)cc3)C2c2ccc(Cl)cc2)CCN1. The number of halogens is 2. The van der Waals surface area contributed by atoms with Crippen LogP contribution in [0.1, 0.15) is 23.2 Å². The molecule has 0 bridgehead atoms. The summed E-state index contributed by atoms with van der Waals surface area (Å²) in [5, 5.41) is 4.00. The molecule has 6 nitrogen and oxygen atoms in total. The van der Waals surface area contributed by atoms with Gasteiger partial charge in [0.25, 0.3) is 0 Å². The van der Waals surface area contributed by atoms with Gasteiger partial charge in [-0.1, -0.05) is 47.5 Å². The molecule has 8 heteroatoms. The zero-order valence-corrected chi connectivity index (χ0v) is 16.4. The monoisotopic (exact) mass is 416 g/mol. The average Bonchev–Trinajstić information content (AvgIpc) is 3.13. The van der Waals surface area contributed by atoms with Crippen LogP contribution in [0.5, 0.6) is 0 Å². The maximum atomic E-state index is 13.2. The minimum absolute atomic E-state index is 0.0438. The summed E-state index contributed by atoms with van der Waals surface area (Å²) >= 11 is 12.1. The quantitative estimate of drug-likeness (QED) is 0.811. The molecule has 1 saturated heterocycles. The zero-order valence-electron chi connectivity index (χ0n) is 14.9. The van der Waals surface area contributed by atoms with Crippen LogP contribution < -0.4 is 5.32 Å². The number of hydrogen-bond donors (Lipinski definition) is 1. The molecule has 2 unspecified atom stereocenters. The van der Waals surface area contributed by atoms with Gasteiger partial charge in [-0.25, -0.2) is 4.79 Å². The number of benzene rings is 2. The molecule has 0 saturated carbocycles. The van der Waals surface area contributed by atoms with Crippen LogP contribution in [0.25, 0.3) is 0 Å². The summed E-state index contributed by atoms with van der Waals surface area (Å²) in [5.74, 6) is -0.159. The highest BCUT2D eigenvalue weighted by molar-refractivity contribution is 6.30. The predicted octanol–water partition coefficient (Wildman–Crippen LogP) is 3.67. The lowest BCUT2D eigenvalue weighted by atomic mass is 9.94. The number of rotatable bonds is 2. The lowest BCUT2D eigenvalue weighted by molar-refractivity contribution is -0.123. The average molecular weight is 417 g/mol. The second-order valence-electron chi connectivity index (χ2n) is 6.72. The summed E-state index contributed by atoms with van der Waals surface area (Å²) < 4.78 is 0. The highest BCUT2D eigenvalue weighted by Gasteiger charge is 2.39. The number of carbonyl (C=O) groups is 2. The second-order valence-corrected chi connectivity index (χ2v) is 7.59. The van der Waals surface area contributed by atoms with Crippen LogP contribution in [0.4, 0.5) is 4.79 Å². The summed E-state index contributed by atoms with van der Waals surface area (Å²) in [6.07, 6.45) is 1.56. The number of nitrogens with one attached hydrogen (secondary N) is 1. The van der Waals surface area contributed by atoms with Crippen molar-refractivity contribution in [1.82, 2.24) is 15.1 Å². The van der Waals surface area contributed by atoms with Gasteiger partial charge in [0.05, 0.1) is 12.4 Å². The Bertz CT molecular complexity index is 915. The Morgan fingerprint density at radius 1 is 1.00 bits per heavy atom. The van der Waals surface area contributed by atoms with Crippen molar-refractivity contribution in [2.24, 2.45) is 4.99 Å². The van der Waals surface area contributed by atoms with E-state index >= 15 is 0 Å². The fraction of sp³-hybridized carbons (Fsp3) is 0.250. The van der Waals surface area contributed by atoms with Gasteiger partial charge in [-0.15, -0.1) is 0 Å². The molecular formula is C20H18Cl2N4O2. The first kappa shape index (κ1) is 18.8. The van der Waals surface area contributed by atoms with Crippen molar-refractivity contribution in [3.8, 4) is 0 Å². The number of nitrogens with zero attached hydrogens (tertiary/aromatic N) is 3. The van der Waals surface area contributed by atoms with Gasteiger partial charge >= 0.3 is 6.03 Å². The van der Waals surface area contributed by atoms with E-state index in [-0.39, 0.29) is 30.6 Å². The fourth-order valence-corrected chi connectivity index (χ4v) is 3.77. The smallest absolute Gasteiger partial charge is 0.326 e. The van der Waals surface area contributed by atoms with Crippen LogP contribution in [-0.4, -0.2) is 47.7 Å². The van der Waals surface area contributed by atoms with Crippen molar-refractivity contribution in [3.05, 3.63) is 69.7 Å². The minimum atomic E-state index is -0.337. The van der Waals surface area contributed by atoms with Gasteiger partial charge in [-0.2, -0.15) is 0 Å². The first-order valence-corrected chi connectivity index (χ1v) is 9.67. The predicted molar refractivity (Wildman–Crippen MR) is 109 cm³/mol. The van der Waals surface area contributed by atoms with Gasteiger partial charge in [-0.3, -0.25) is 14.7 Å². The summed E-state index contributed by atoms with van der Waals surface area (Å²) in [6.45, 7) is 0.956. The first-order valence-electron chi connectivity index (χ1n) is 8.91. The van der Waals surface area contributed by atoms with E-state index in [0.29, 0.717) is 23.1 Å². The molecule has 2 aliphatic heterocycles. The Kier molecular flexibility index (Phi) is 5.24.